The number of hydrogen-bond donors (Lipinski definition) is 0. The van der Waals surface area contributed by atoms with Gasteiger partial charge in [-0.15, -0.1) is 10.2 Å². The molecule has 0 fully saturated rings. The molecule has 0 aliphatic carbocycles. The van der Waals surface area contributed by atoms with Gasteiger partial charge in [-0.25, -0.2) is 0 Å². The first-order chi connectivity index (χ1) is 13.0. The number of methoxy groups -OCH3 is 1. The van der Waals surface area contributed by atoms with E-state index in [4.69, 9.17) is 4.74 Å². The standard InChI is InChI=1S/C21H23N3O2S/c1-14(2)13-24(20(25)16-9-11-17(26-4)12-10-16)21-23-22-19(27-21)18-8-6-5-7-15(18)3/h5-12,14H,13H2,1-4H3. The van der Waals surface area contributed by atoms with Crippen molar-refractivity contribution in [2.24, 2.45) is 5.92 Å². The molecule has 5 nitrogen and oxygen atoms in total. The first kappa shape index (κ1) is 19.0. The largest absolute Gasteiger partial charge is 0.497 e. The van der Waals surface area contributed by atoms with Crippen LogP contribution in [0.15, 0.2) is 48.5 Å². The van der Waals surface area contributed by atoms with Crippen molar-refractivity contribution >= 4 is 22.4 Å². The minimum Gasteiger partial charge on any atom is -0.497 e. The van der Waals surface area contributed by atoms with Crippen LogP contribution in [0.25, 0.3) is 10.6 Å². The number of aryl methyl sites for hydroxylation is 1. The van der Waals surface area contributed by atoms with Gasteiger partial charge in [0.05, 0.1) is 7.11 Å². The summed E-state index contributed by atoms with van der Waals surface area (Å²) >= 11 is 1.44. The van der Waals surface area contributed by atoms with Crippen molar-refractivity contribution in [3.8, 4) is 16.3 Å². The van der Waals surface area contributed by atoms with Gasteiger partial charge in [-0.3, -0.25) is 9.69 Å². The fraction of sp³-hybridized carbons (Fsp3) is 0.286. The molecule has 6 heteroatoms. The summed E-state index contributed by atoms with van der Waals surface area (Å²) < 4.78 is 5.18. The zero-order valence-electron chi connectivity index (χ0n) is 16.0. The van der Waals surface area contributed by atoms with Gasteiger partial charge in [0.25, 0.3) is 5.91 Å². The molecule has 27 heavy (non-hydrogen) atoms. The maximum Gasteiger partial charge on any atom is 0.260 e. The number of rotatable bonds is 6. The molecule has 0 atom stereocenters. The lowest BCUT2D eigenvalue weighted by Crippen LogP contribution is -2.34. The van der Waals surface area contributed by atoms with Gasteiger partial charge in [-0.2, -0.15) is 0 Å². The van der Waals surface area contributed by atoms with E-state index in [1.54, 1.807) is 36.3 Å². The molecule has 0 aliphatic heterocycles. The third-order valence-corrected chi connectivity index (χ3v) is 5.13. The Balaban J connectivity index is 1.93. The Kier molecular flexibility index (Phi) is 5.86. The molecule has 0 saturated carbocycles. The molecule has 1 heterocycles. The smallest absolute Gasteiger partial charge is 0.260 e. The van der Waals surface area contributed by atoms with Crippen molar-refractivity contribution in [2.45, 2.75) is 20.8 Å². The minimum absolute atomic E-state index is 0.0844. The molecule has 1 amide bonds. The Morgan fingerprint density at radius 3 is 2.44 bits per heavy atom. The molecule has 0 unspecified atom stereocenters. The highest BCUT2D eigenvalue weighted by atomic mass is 32.1. The average Bonchev–Trinajstić information content (AvgIpc) is 3.15. The summed E-state index contributed by atoms with van der Waals surface area (Å²) in [5, 5.41) is 10.1. The van der Waals surface area contributed by atoms with Crippen molar-refractivity contribution in [1.29, 1.82) is 0 Å². The van der Waals surface area contributed by atoms with Crippen LogP contribution in [0.3, 0.4) is 0 Å². The summed E-state index contributed by atoms with van der Waals surface area (Å²) in [4.78, 5) is 14.8. The predicted octanol–water partition coefficient (Wildman–Crippen LogP) is 4.82. The maximum atomic E-state index is 13.1. The molecule has 2 aromatic carbocycles. The predicted molar refractivity (Wildman–Crippen MR) is 110 cm³/mol. The third kappa shape index (κ3) is 4.34. The molecule has 3 rings (SSSR count). The molecule has 1 aromatic heterocycles. The molecule has 0 bridgehead atoms. The van der Waals surface area contributed by atoms with Crippen LogP contribution in [0.4, 0.5) is 5.13 Å². The summed E-state index contributed by atoms with van der Waals surface area (Å²) in [5.41, 5.74) is 2.78. The number of nitrogens with zero attached hydrogens (tertiary/aromatic N) is 3. The number of carbonyl (C=O) groups excluding carboxylic acids is 1. The van der Waals surface area contributed by atoms with E-state index in [-0.39, 0.29) is 5.91 Å². The van der Waals surface area contributed by atoms with Crippen LogP contribution in [0.2, 0.25) is 0 Å². The second kappa shape index (κ2) is 8.31. The molecule has 0 saturated heterocycles. The summed E-state index contributed by atoms with van der Waals surface area (Å²) in [6.07, 6.45) is 0. The van der Waals surface area contributed by atoms with Gasteiger partial charge in [0.15, 0.2) is 0 Å². The van der Waals surface area contributed by atoms with E-state index in [0.717, 1.165) is 21.9 Å². The van der Waals surface area contributed by atoms with Crippen LogP contribution in [-0.2, 0) is 0 Å². The Bertz CT molecular complexity index is 919. The lowest BCUT2D eigenvalue weighted by molar-refractivity contribution is 0.0983. The number of amides is 1. The van der Waals surface area contributed by atoms with Gasteiger partial charge < -0.3 is 4.74 Å². The number of ether oxygens (including phenoxy) is 1. The molecule has 3 aromatic rings. The summed E-state index contributed by atoms with van der Waals surface area (Å²) in [6.45, 7) is 6.78. The highest BCUT2D eigenvalue weighted by Crippen LogP contribution is 2.31. The van der Waals surface area contributed by atoms with Crippen molar-refractivity contribution < 1.29 is 9.53 Å². The molecular formula is C21H23N3O2S. The number of anilines is 1. The fourth-order valence-corrected chi connectivity index (χ4v) is 3.69. The van der Waals surface area contributed by atoms with Gasteiger partial charge >= 0.3 is 0 Å². The fourth-order valence-electron chi connectivity index (χ4n) is 2.75. The molecule has 0 radical (unpaired) electrons. The Morgan fingerprint density at radius 1 is 1.11 bits per heavy atom. The van der Waals surface area contributed by atoms with Gasteiger partial charge in [-0.05, 0) is 42.7 Å². The normalized spacial score (nSPS) is 10.9. The zero-order valence-corrected chi connectivity index (χ0v) is 16.8. The van der Waals surface area contributed by atoms with Crippen molar-refractivity contribution in [2.75, 3.05) is 18.6 Å². The SMILES string of the molecule is COc1ccc(C(=O)N(CC(C)C)c2nnc(-c3ccccc3C)s2)cc1. The van der Waals surface area contributed by atoms with Gasteiger partial charge in [0.2, 0.25) is 5.13 Å². The highest BCUT2D eigenvalue weighted by Gasteiger charge is 2.23. The monoisotopic (exact) mass is 381 g/mol. The molecular weight excluding hydrogens is 358 g/mol. The summed E-state index contributed by atoms with van der Waals surface area (Å²) in [5.74, 6) is 0.941. The van der Waals surface area contributed by atoms with Gasteiger partial charge in [-0.1, -0.05) is 49.4 Å². The van der Waals surface area contributed by atoms with Gasteiger partial charge in [0.1, 0.15) is 10.8 Å². The van der Waals surface area contributed by atoms with Crippen LogP contribution in [0.5, 0.6) is 5.75 Å². The van der Waals surface area contributed by atoms with Crippen molar-refractivity contribution in [3.63, 3.8) is 0 Å². The Morgan fingerprint density at radius 2 is 1.81 bits per heavy atom. The number of carbonyl (C=O) groups is 1. The lowest BCUT2D eigenvalue weighted by atomic mass is 10.1. The molecule has 140 valence electrons. The highest BCUT2D eigenvalue weighted by molar-refractivity contribution is 7.18. The van der Waals surface area contributed by atoms with Crippen LogP contribution < -0.4 is 9.64 Å². The Labute approximate surface area is 163 Å². The topological polar surface area (TPSA) is 55.3 Å². The van der Waals surface area contributed by atoms with Crippen LogP contribution >= 0.6 is 11.3 Å². The number of hydrogen-bond acceptors (Lipinski definition) is 5. The van der Waals surface area contributed by atoms with Crippen molar-refractivity contribution in [1.82, 2.24) is 10.2 Å². The van der Waals surface area contributed by atoms with E-state index in [0.29, 0.717) is 23.2 Å². The number of benzene rings is 2. The van der Waals surface area contributed by atoms with E-state index in [2.05, 4.69) is 24.0 Å². The molecule has 0 aliphatic rings. The first-order valence-corrected chi connectivity index (χ1v) is 9.66. The quantitative estimate of drug-likeness (QED) is 0.614. The van der Waals surface area contributed by atoms with Gasteiger partial charge in [0, 0.05) is 17.7 Å². The summed E-state index contributed by atoms with van der Waals surface area (Å²) in [7, 11) is 1.61. The number of aromatic nitrogens is 2. The minimum atomic E-state index is -0.0844. The summed E-state index contributed by atoms with van der Waals surface area (Å²) in [6, 6.07) is 15.2. The molecule has 0 spiro atoms. The molecule has 0 N–H and O–H groups in total. The third-order valence-electron chi connectivity index (χ3n) is 4.15. The van der Waals surface area contributed by atoms with Crippen molar-refractivity contribution in [3.05, 3.63) is 59.7 Å². The first-order valence-electron chi connectivity index (χ1n) is 8.85. The van der Waals surface area contributed by atoms with E-state index in [9.17, 15) is 4.79 Å². The Hall–Kier alpha value is -2.73. The lowest BCUT2D eigenvalue weighted by Gasteiger charge is -2.21. The zero-order chi connectivity index (χ0) is 19.4. The second-order valence-corrected chi connectivity index (χ2v) is 7.70. The second-order valence-electron chi connectivity index (χ2n) is 6.74. The van der Waals surface area contributed by atoms with E-state index in [1.807, 2.05) is 31.2 Å². The van der Waals surface area contributed by atoms with E-state index in [1.165, 1.54) is 11.3 Å². The van der Waals surface area contributed by atoms with Crippen LogP contribution in [0.1, 0.15) is 29.8 Å². The van der Waals surface area contributed by atoms with E-state index < -0.39 is 0 Å². The maximum absolute atomic E-state index is 13.1. The average molecular weight is 382 g/mol. The van der Waals surface area contributed by atoms with Crippen LogP contribution in [-0.4, -0.2) is 29.8 Å². The van der Waals surface area contributed by atoms with Crippen LogP contribution in [0, 0.1) is 12.8 Å². The van der Waals surface area contributed by atoms with E-state index >= 15 is 0 Å².